The van der Waals surface area contributed by atoms with E-state index < -0.39 is 0 Å². The van der Waals surface area contributed by atoms with Gasteiger partial charge in [0.1, 0.15) is 0 Å². The van der Waals surface area contributed by atoms with Gasteiger partial charge in [-0.1, -0.05) is 12.1 Å². The number of nitrogens with zero attached hydrogens (tertiary/aromatic N) is 3. The lowest BCUT2D eigenvalue weighted by molar-refractivity contribution is -0.384. The van der Waals surface area contributed by atoms with E-state index in [1.807, 2.05) is 6.92 Å². The number of nitro groups is 1. The molecule has 0 aliphatic heterocycles. The van der Waals surface area contributed by atoms with Crippen LogP contribution < -0.4 is 5.73 Å². The summed E-state index contributed by atoms with van der Waals surface area (Å²) in [4.78, 5) is 10.6. The van der Waals surface area contributed by atoms with Crippen LogP contribution in [0.5, 0.6) is 0 Å². The molecule has 0 unspecified atom stereocenters. The molecule has 0 aliphatic carbocycles. The van der Waals surface area contributed by atoms with E-state index in [0.29, 0.717) is 18.7 Å². The monoisotopic (exact) mass is 246 g/mol. The summed E-state index contributed by atoms with van der Waals surface area (Å²) in [6.07, 6.45) is 1.80. The number of benzene rings is 1. The van der Waals surface area contributed by atoms with Gasteiger partial charge in [-0.25, -0.2) is 0 Å². The van der Waals surface area contributed by atoms with Gasteiger partial charge < -0.3 is 5.73 Å². The Kier molecular flexibility index (Phi) is 3.38. The maximum Gasteiger partial charge on any atom is 0.277 e. The average molecular weight is 246 g/mol. The second-order valence-corrected chi connectivity index (χ2v) is 3.95. The summed E-state index contributed by atoms with van der Waals surface area (Å²) in [6, 6.07) is 6.66. The summed E-state index contributed by atoms with van der Waals surface area (Å²) < 4.78 is 1.71. The third-order valence-electron chi connectivity index (χ3n) is 2.70. The van der Waals surface area contributed by atoms with Gasteiger partial charge in [0.15, 0.2) is 0 Å². The lowest BCUT2D eigenvalue weighted by atomic mass is 10.1. The number of hydrogen-bond acceptors (Lipinski definition) is 4. The highest BCUT2D eigenvalue weighted by atomic mass is 16.6. The topological polar surface area (TPSA) is 87.0 Å². The fraction of sp³-hybridized carbons (Fsp3) is 0.250. The highest BCUT2D eigenvalue weighted by Crippen LogP contribution is 2.31. The molecule has 6 nitrogen and oxygen atoms in total. The molecular formula is C12H14N4O2. The Hall–Kier alpha value is -2.21. The summed E-state index contributed by atoms with van der Waals surface area (Å²) >= 11 is 0. The van der Waals surface area contributed by atoms with E-state index in [9.17, 15) is 10.1 Å². The SMILES string of the molecule is Cc1nn(CCN)cc1-c1ccccc1[N+](=O)[O-]. The number of rotatable bonds is 4. The molecule has 18 heavy (non-hydrogen) atoms. The maximum absolute atomic E-state index is 11.0. The first kappa shape index (κ1) is 12.3. The van der Waals surface area contributed by atoms with Crippen molar-refractivity contribution in [1.29, 1.82) is 0 Å². The second-order valence-electron chi connectivity index (χ2n) is 3.95. The summed E-state index contributed by atoms with van der Waals surface area (Å²) in [5.74, 6) is 0. The van der Waals surface area contributed by atoms with Crippen molar-refractivity contribution in [2.75, 3.05) is 6.54 Å². The first-order chi connectivity index (χ1) is 8.63. The standard InChI is InChI=1S/C12H14N4O2/c1-9-11(8-15(14-9)7-6-13)10-4-2-3-5-12(10)16(17)18/h2-5,8H,6-7,13H2,1H3. The van der Waals surface area contributed by atoms with Crippen molar-refractivity contribution in [3.05, 3.63) is 46.3 Å². The lowest BCUT2D eigenvalue weighted by Crippen LogP contribution is -2.10. The Morgan fingerprint density at radius 2 is 2.11 bits per heavy atom. The van der Waals surface area contributed by atoms with E-state index in [-0.39, 0.29) is 10.6 Å². The van der Waals surface area contributed by atoms with Gasteiger partial charge in [0, 0.05) is 24.4 Å². The van der Waals surface area contributed by atoms with Crippen LogP contribution >= 0.6 is 0 Å². The highest BCUT2D eigenvalue weighted by Gasteiger charge is 2.17. The van der Waals surface area contributed by atoms with Crippen molar-refractivity contribution in [3.63, 3.8) is 0 Å². The number of hydrogen-bond donors (Lipinski definition) is 1. The summed E-state index contributed by atoms with van der Waals surface area (Å²) in [5, 5.41) is 15.3. The van der Waals surface area contributed by atoms with E-state index in [4.69, 9.17) is 5.73 Å². The van der Waals surface area contributed by atoms with Crippen LogP contribution in [0.3, 0.4) is 0 Å². The Balaban J connectivity index is 2.51. The molecule has 2 N–H and O–H groups in total. The molecule has 0 bridgehead atoms. The maximum atomic E-state index is 11.0. The average Bonchev–Trinajstić information content (AvgIpc) is 2.70. The Morgan fingerprint density at radius 1 is 1.39 bits per heavy atom. The Labute approximate surface area is 104 Å². The van der Waals surface area contributed by atoms with Crippen molar-refractivity contribution in [2.45, 2.75) is 13.5 Å². The van der Waals surface area contributed by atoms with Gasteiger partial charge in [0.25, 0.3) is 5.69 Å². The number of aromatic nitrogens is 2. The minimum absolute atomic E-state index is 0.0906. The van der Waals surface area contributed by atoms with E-state index >= 15 is 0 Å². The molecule has 1 aromatic carbocycles. The summed E-state index contributed by atoms with van der Waals surface area (Å²) in [6.45, 7) is 2.91. The normalized spacial score (nSPS) is 10.6. The van der Waals surface area contributed by atoms with Gasteiger partial charge in [0.05, 0.1) is 22.7 Å². The van der Waals surface area contributed by atoms with Crippen molar-refractivity contribution in [1.82, 2.24) is 9.78 Å². The molecule has 2 rings (SSSR count). The molecule has 0 fully saturated rings. The predicted octanol–water partition coefficient (Wildman–Crippen LogP) is 1.73. The number of nitro benzene ring substituents is 1. The summed E-state index contributed by atoms with van der Waals surface area (Å²) in [7, 11) is 0. The molecule has 0 aliphatic rings. The van der Waals surface area contributed by atoms with Gasteiger partial charge >= 0.3 is 0 Å². The largest absolute Gasteiger partial charge is 0.329 e. The fourth-order valence-corrected chi connectivity index (χ4v) is 1.89. The molecule has 94 valence electrons. The molecule has 1 aromatic heterocycles. The third-order valence-corrected chi connectivity index (χ3v) is 2.70. The highest BCUT2D eigenvalue weighted by molar-refractivity contribution is 5.74. The van der Waals surface area contributed by atoms with Crippen LogP contribution in [-0.4, -0.2) is 21.2 Å². The van der Waals surface area contributed by atoms with Gasteiger partial charge in [-0.3, -0.25) is 14.8 Å². The quantitative estimate of drug-likeness (QED) is 0.657. The van der Waals surface area contributed by atoms with E-state index in [1.54, 1.807) is 29.1 Å². The second kappa shape index (κ2) is 4.97. The number of nitrogens with two attached hydrogens (primary N) is 1. The van der Waals surface area contributed by atoms with E-state index in [2.05, 4.69) is 5.10 Å². The van der Waals surface area contributed by atoms with Crippen LogP contribution in [0.25, 0.3) is 11.1 Å². The number of aryl methyl sites for hydroxylation is 1. The molecule has 6 heteroatoms. The molecule has 1 heterocycles. The van der Waals surface area contributed by atoms with Crippen LogP contribution in [0.15, 0.2) is 30.5 Å². The zero-order chi connectivity index (χ0) is 13.1. The first-order valence-corrected chi connectivity index (χ1v) is 5.61. The first-order valence-electron chi connectivity index (χ1n) is 5.61. The van der Waals surface area contributed by atoms with Crippen LogP contribution in [0.1, 0.15) is 5.69 Å². The molecule has 0 amide bonds. The lowest BCUT2D eigenvalue weighted by Gasteiger charge is -2.00. The number of para-hydroxylation sites is 1. The van der Waals surface area contributed by atoms with Gasteiger partial charge in [-0.15, -0.1) is 0 Å². The van der Waals surface area contributed by atoms with E-state index in [0.717, 1.165) is 11.3 Å². The fourth-order valence-electron chi connectivity index (χ4n) is 1.89. The van der Waals surface area contributed by atoms with Gasteiger partial charge in [-0.2, -0.15) is 5.10 Å². The van der Waals surface area contributed by atoms with Crippen LogP contribution in [0.4, 0.5) is 5.69 Å². The third kappa shape index (κ3) is 2.23. The molecule has 0 saturated carbocycles. The zero-order valence-electron chi connectivity index (χ0n) is 10.0. The minimum atomic E-state index is -0.380. The molecular weight excluding hydrogens is 232 g/mol. The summed E-state index contributed by atoms with van der Waals surface area (Å²) in [5.41, 5.74) is 7.68. The Bertz CT molecular complexity index is 577. The van der Waals surface area contributed by atoms with Crippen molar-refractivity contribution in [2.24, 2.45) is 5.73 Å². The van der Waals surface area contributed by atoms with Crippen molar-refractivity contribution < 1.29 is 4.92 Å². The van der Waals surface area contributed by atoms with E-state index in [1.165, 1.54) is 6.07 Å². The molecule has 0 radical (unpaired) electrons. The van der Waals surface area contributed by atoms with Crippen LogP contribution in [-0.2, 0) is 6.54 Å². The van der Waals surface area contributed by atoms with Crippen LogP contribution in [0.2, 0.25) is 0 Å². The Morgan fingerprint density at radius 3 is 2.78 bits per heavy atom. The molecule has 0 spiro atoms. The van der Waals surface area contributed by atoms with Crippen LogP contribution in [0, 0.1) is 17.0 Å². The molecule has 0 saturated heterocycles. The van der Waals surface area contributed by atoms with Gasteiger partial charge in [-0.05, 0) is 13.0 Å². The van der Waals surface area contributed by atoms with Crippen molar-refractivity contribution >= 4 is 5.69 Å². The van der Waals surface area contributed by atoms with Gasteiger partial charge in [0.2, 0.25) is 0 Å². The zero-order valence-corrected chi connectivity index (χ0v) is 10.0. The molecule has 0 atom stereocenters. The predicted molar refractivity (Wildman–Crippen MR) is 68.1 cm³/mol. The van der Waals surface area contributed by atoms with Crippen molar-refractivity contribution in [3.8, 4) is 11.1 Å². The minimum Gasteiger partial charge on any atom is -0.329 e. The smallest absolute Gasteiger partial charge is 0.277 e. The molecule has 2 aromatic rings.